The highest BCUT2D eigenvalue weighted by Crippen LogP contribution is 2.09. The van der Waals surface area contributed by atoms with Crippen LogP contribution >= 0.6 is 0 Å². The Labute approximate surface area is 91.0 Å². The van der Waals surface area contributed by atoms with Crippen LogP contribution in [0.4, 0.5) is 5.82 Å². The van der Waals surface area contributed by atoms with Crippen molar-refractivity contribution in [2.24, 2.45) is 0 Å². The van der Waals surface area contributed by atoms with Crippen molar-refractivity contribution in [3.05, 3.63) is 5.69 Å². The lowest BCUT2D eigenvalue weighted by Crippen LogP contribution is -2.11. The molecule has 1 rings (SSSR count). The van der Waals surface area contributed by atoms with Gasteiger partial charge < -0.3 is 15.6 Å². The van der Waals surface area contributed by atoms with Crippen molar-refractivity contribution in [2.75, 3.05) is 12.3 Å². The van der Waals surface area contributed by atoms with Gasteiger partial charge in [0.15, 0.2) is 5.82 Å². The van der Waals surface area contributed by atoms with E-state index in [-0.39, 0.29) is 31.1 Å². The van der Waals surface area contributed by atoms with Crippen molar-refractivity contribution < 1.29 is 19.4 Å². The molecule has 0 saturated carbocycles. The minimum atomic E-state index is -0.979. The molecule has 0 bridgehead atoms. The number of esters is 1. The zero-order chi connectivity index (χ0) is 12.1. The maximum Gasteiger partial charge on any atom is 0.362 e. The van der Waals surface area contributed by atoms with E-state index >= 15 is 0 Å². The van der Waals surface area contributed by atoms with Gasteiger partial charge in [0.2, 0.25) is 5.69 Å². The zero-order valence-electron chi connectivity index (χ0n) is 8.71. The first kappa shape index (κ1) is 12.0. The topological polar surface area (TPSA) is 120 Å². The van der Waals surface area contributed by atoms with Crippen LogP contribution in [-0.4, -0.2) is 38.6 Å². The molecule has 0 aliphatic rings. The number of carboxylic acid groups (broad SMARTS) is 1. The van der Waals surface area contributed by atoms with Crippen LogP contribution in [-0.2, 0) is 16.1 Å². The predicted molar refractivity (Wildman–Crippen MR) is 52.6 cm³/mol. The minimum absolute atomic E-state index is 0.0136. The molecule has 0 amide bonds. The number of carbonyl (C=O) groups is 2. The molecule has 8 nitrogen and oxygen atoms in total. The molecule has 0 aliphatic heterocycles. The maximum atomic E-state index is 11.3. The van der Waals surface area contributed by atoms with E-state index in [1.165, 1.54) is 0 Å². The largest absolute Gasteiger partial charge is 0.481 e. The molecule has 0 saturated heterocycles. The summed E-state index contributed by atoms with van der Waals surface area (Å²) < 4.78 is 5.85. The second-order valence-corrected chi connectivity index (χ2v) is 2.91. The van der Waals surface area contributed by atoms with Crippen LogP contribution in [0.5, 0.6) is 0 Å². The number of hydrogen-bond acceptors (Lipinski definition) is 6. The van der Waals surface area contributed by atoms with Crippen molar-refractivity contribution in [3.63, 3.8) is 0 Å². The molecule has 0 spiro atoms. The highest BCUT2D eigenvalue weighted by molar-refractivity contribution is 5.91. The van der Waals surface area contributed by atoms with E-state index in [4.69, 9.17) is 15.6 Å². The number of aromatic nitrogens is 3. The van der Waals surface area contributed by atoms with Gasteiger partial charge in [-0.25, -0.2) is 9.48 Å². The van der Waals surface area contributed by atoms with Crippen molar-refractivity contribution in [3.8, 4) is 0 Å². The van der Waals surface area contributed by atoms with E-state index in [0.29, 0.717) is 0 Å². The number of carboxylic acids is 1. The van der Waals surface area contributed by atoms with E-state index in [0.717, 1.165) is 4.68 Å². The fourth-order valence-electron chi connectivity index (χ4n) is 1.03. The third-order valence-electron chi connectivity index (χ3n) is 1.78. The molecule has 16 heavy (non-hydrogen) atoms. The number of aliphatic carboxylic acids is 1. The first-order valence-electron chi connectivity index (χ1n) is 4.64. The number of aryl methyl sites for hydroxylation is 1. The molecule has 88 valence electrons. The van der Waals surface area contributed by atoms with Crippen LogP contribution < -0.4 is 5.73 Å². The fourth-order valence-corrected chi connectivity index (χ4v) is 1.03. The molecule has 0 aliphatic carbocycles. The van der Waals surface area contributed by atoms with Gasteiger partial charge in [-0.3, -0.25) is 4.79 Å². The van der Waals surface area contributed by atoms with E-state index < -0.39 is 11.9 Å². The van der Waals surface area contributed by atoms with E-state index in [1.807, 2.05) is 0 Å². The first-order valence-corrected chi connectivity index (χ1v) is 4.64. The van der Waals surface area contributed by atoms with Crippen LogP contribution in [0.2, 0.25) is 0 Å². The summed E-state index contributed by atoms with van der Waals surface area (Å²) in [4.78, 5) is 21.6. The van der Waals surface area contributed by atoms with Crippen LogP contribution in [0.3, 0.4) is 0 Å². The number of nitrogen functional groups attached to an aromatic ring is 1. The molecular formula is C8H12N4O4. The van der Waals surface area contributed by atoms with Gasteiger partial charge in [-0.15, -0.1) is 5.10 Å². The Balaban J connectivity index is 2.75. The highest BCUT2D eigenvalue weighted by atomic mass is 16.5. The lowest BCUT2D eigenvalue weighted by Gasteiger charge is -2.01. The Morgan fingerprint density at radius 2 is 2.25 bits per heavy atom. The highest BCUT2D eigenvalue weighted by Gasteiger charge is 2.18. The maximum absolute atomic E-state index is 11.3. The number of anilines is 1. The number of rotatable bonds is 5. The normalized spacial score (nSPS) is 10.1. The number of nitrogens with two attached hydrogens (primary N) is 1. The zero-order valence-corrected chi connectivity index (χ0v) is 8.71. The minimum Gasteiger partial charge on any atom is -0.481 e. The first-order chi connectivity index (χ1) is 7.56. The fraction of sp³-hybridized carbons (Fsp3) is 0.500. The van der Waals surface area contributed by atoms with E-state index in [1.54, 1.807) is 6.92 Å². The molecule has 3 N–H and O–H groups in total. The standard InChI is InChI=1S/C8H12N4O4/c1-2-16-8(15)6-7(9)12(11-10-6)4-3-5(13)14/h2-4,9H2,1H3,(H,13,14). The molecule has 0 aromatic carbocycles. The predicted octanol–water partition coefficient (Wildman–Crippen LogP) is -0.488. The summed E-state index contributed by atoms with van der Waals surface area (Å²) >= 11 is 0. The summed E-state index contributed by atoms with van der Waals surface area (Å²) in [6.45, 7) is 1.93. The molecule has 1 heterocycles. The van der Waals surface area contributed by atoms with Gasteiger partial charge in [0, 0.05) is 0 Å². The second kappa shape index (κ2) is 5.10. The smallest absolute Gasteiger partial charge is 0.362 e. The van der Waals surface area contributed by atoms with Gasteiger partial charge in [0.25, 0.3) is 0 Å². The van der Waals surface area contributed by atoms with Crippen LogP contribution in [0.1, 0.15) is 23.8 Å². The molecule has 1 aromatic rings. The third kappa shape index (κ3) is 2.69. The van der Waals surface area contributed by atoms with Gasteiger partial charge >= 0.3 is 11.9 Å². The Hall–Kier alpha value is -2.12. The molecule has 1 aromatic heterocycles. The van der Waals surface area contributed by atoms with Gasteiger partial charge in [-0.2, -0.15) is 0 Å². The number of carbonyl (C=O) groups excluding carboxylic acids is 1. The molecule has 8 heteroatoms. The van der Waals surface area contributed by atoms with Gasteiger partial charge in [0.1, 0.15) is 0 Å². The molecular weight excluding hydrogens is 216 g/mol. The average Bonchev–Trinajstić information content (AvgIpc) is 2.57. The molecule has 0 atom stereocenters. The van der Waals surface area contributed by atoms with Crippen LogP contribution in [0.25, 0.3) is 0 Å². The van der Waals surface area contributed by atoms with Gasteiger partial charge in [-0.1, -0.05) is 5.21 Å². The van der Waals surface area contributed by atoms with Crippen molar-refractivity contribution >= 4 is 17.8 Å². The Kier molecular flexibility index (Phi) is 3.81. The van der Waals surface area contributed by atoms with Crippen molar-refractivity contribution in [1.82, 2.24) is 15.0 Å². The summed E-state index contributed by atoms with van der Waals surface area (Å²) in [7, 11) is 0. The van der Waals surface area contributed by atoms with Crippen molar-refractivity contribution in [2.45, 2.75) is 19.9 Å². The number of nitrogens with zero attached hydrogens (tertiary/aromatic N) is 3. The monoisotopic (exact) mass is 228 g/mol. The summed E-state index contributed by atoms with van der Waals surface area (Å²) in [5, 5.41) is 15.6. The van der Waals surface area contributed by atoms with E-state index in [2.05, 4.69) is 10.3 Å². The Morgan fingerprint density at radius 1 is 1.56 bits per heavy atom. The lowest BCUT2D eigenvalue weighted by molar-refractivity contribution is -0.137. The quantitative estimate of drug-likeness (QED) is 0.652. The number of hydrogen-bond donors (Lipinski definition) is 2. The summed E-state index contributed by atoms with van der Waals surface area (Å²) in [5.74, 6) is -1.63. The second-order valence-electron chi connectivity index (χ2n) is 2.91. The summed E-state index contributed by atoms with van der Waals surface area (Å²) in [5.41, 5.74) is 5.47. The van der Waals surface area contributed by atoms with Crippen LogP contribution in [0, 0.1) is 0 Å². The molecule has 0 fully saturated rings. The van der Waals surface area contributed by atoms with Gasteiger partial charge in [0.05, 0.1) is 19.6 Å². The molecule has 0 radical (unpaired) electrons. The third-order valence-corrected chi connectivity index (χ3v) is 1.78. The summed E-state index contributed by atoms with van der Waals surface area (Å²) in [6.07, 6.45) is -0.143. The Morgan fingerprint density at radius 3 is 2.81 bits per heavy atom. The lowest BCUT2D eigenvalue weighted by atomic mass is 10.4. The van der Waals surface area contributed by atoms with Gasteiger partial charge in [-0.05, 0) is 6.92 Å². The SMILES string of the molecule is CCOC(=O)c1nnn(CCC(=O)O)c1N. The molecule has 0 unspecified atom stereocenters. The summed E-state index contributed by atoms with van der Waals surface area (Å²) in [6, 6.07) is 0. The van der Waals surface area contributed by atoms with E-state index in [9.17, 15) is 9.59 Å². The average molecular weight is 228 g/mol. The Bertz CT molecular complexity index is 401. The van der Waals surface area contributed by atoms with Crippen molar-refractivity contribution in [1.29, 1.82) is 0 Å². The number of ether oxygens (including phenoxy) is 1. The van der Waals surface area contributed by atoms with Crippen LogP contribution in [0.15, 0.2) is 0 Å².